The van der Waals surface area contributed by atoms with E-state index in [2.05, 4.69) is 191 Å². The molecule has 0 unspecified atom stereocenters. The Morgan fingerprint density at radius 3 is 1.37 bits per heavy atom. The second-order valence-corrected chi connectivity index (χ2v) is 28.1. The zero-order valence-corrected chi connectivity index (χ0v) is 44.5. The molecule has 9 rings (SSSR count). The van der Waals surface area contributed by atoms with E-state index in [9.17, 15) is 0 Å². The van der Waals surface area contributed by atoms with E-state index in [1.807, 2.05) is 22.7 Å². The average molecular weight is 935 g/mol. The Hall–Kier alpha value is -4.94. The minimum Gasteiger partial charge on any atom is -0.243 e. The topological polar surface area (TPSA) is 25.8 Å². The zero-order valence-electron chi connectivity index (χ0n) is 41.8. The fourth-order valence-corrected chi connectivity index (χ4v) is 18.2. The van der Waals surface area contributed by atoms with Crippen LogP contribution in [0.4, 0.5) is 0 Å². The van der Waals surface area contributed by atoms with E-state index in [1.165, 1.54) is 116 Å². The van der Waals surface area contributed by atoms with Gasteiger partial charge in [0.25, 0.3) is 0 Å². The van der Waals surface area contributed by atoms with Crippen molar-refractivity contribution < 1.29 is 0 Å². The normalized spacial score (nSPS) is 13.3. The molecule has 67 heavy (non-hydrogen) atoms. The van der Waals surface area contributed by atoms with Gasteiger partial charge >= 0.3 is 0 Å². The molecule has 0 atom stereocenters. The van der Waals surface area contributed by atoms with Crippen molar-refractivity contribution in [2.24, 2.45) is 0 Å². The molecule has 4 heterocycles. The highest BCUT2D eigenvalue weighted by Crippen LogP contribution is 2.45. The van der Waals surface area contributed by atoms with Gasteiger partial charge in [-0.15, -0.1) is 22.7 Å². The number of hydrogen-bond acceptors (Lipinski definition) is 4. The second-order valence-electron chi connectivity index (χ2n) is 21.5. The Kier molecular flexibility index (Phi) is 13.5. The highest BCUT2D eigenvalue weighted by atomic mass is 32.1. The molecule has 0 saturated heterocycles. The van der Waals surface area contributed by atoms with Gasteiger partial charge in [-0.05, 0) is 99.2 Å². The first-order chi connectivity index (χ1) is 32.2. The van der Waals surface area contributed by atoms with Gasteiger partial charge in [0, 0.05) is 41.8 Å². The smallest absolute Gasteiger partial charge is 0.119 e. The number of nitrogens with zero attached hydrogens (tertiary/aromatic N) is 2. The van der Waals surface area contributed by atoms with Gasteiger partial charge in [0.1, 0.15) is 8.07 Å². The van der Waals surface area contributed by atoms with Crippen molar-refractivity contribution in [2.45, 2.75) is 144 Å². The lowest BCUT2D eigenvalue weighted by atomic mass is 9.85. The van der Waals surface area contributed by atoms with Gasteiger partial charge in [-0.3, -0.25) is 0 Å². The van der Waals surface area contributed by atoms with Crippen molar-refractivity contribution in [3.63, 3.8) is 0 Å². The minimum absolute atomic E-state index is 0.0474. The van der Waals surface area contributed by atoms with E-state index in [-0.39, 0.29) is 10.8 Å². The lowest BCUT2D eigenvalue weighted by Crippen LogP contribution is -2.55. The average Bonchev–Trinajstić information content (AvgIpc) is 4.05. The Bertz CT molecular complexity index is 3010. The Labute approximate surface area is 411 Å². The third kappa shape index (κ3) is 9.46. The molecule has 0 saturated carbocycles. The molecule has 5 aromatic carbocycles. The third-order valence-electron chi connectivity index (χ3n) is 14.5. The van der Waals surface area contributed by atoms with Crippen molar-refractivity contribution in [2.75, 3.05) is 0 Å². The Morgan fingerprint density at radius 2 is 0.881 bits per heavy atom. The molecule has 0 radical (unpaired) electrons. The van der Waals surface area contributed by atoms with Gasteiger partial charge in [0.15, 0.2) is 0 Å². The van der Waals surface area contributed by atoms with Crippen LogP contribution in [0.15, 0.2) is 121 Å². The van der Waals surface area contributed by atoms with Crippen molar-refractivity contribution in [3.05, 3.63) is 143 Å². The Balaban J connectivity index is 1.20. The monoisotopic (exact) mass is 934 g/mol. The second kappa shape index (κ2) is 19.2. The van der Waals surface area contributed by atoms with E-state index >= 15 is 0 Å². The quantitative estimate of drug-likeness (QED) is 0.0756. The number of aromatic nitrogens is 2. The Morgan fingerprint density at radius 1 is 0.433 bits per heavy atom. The molecular weight excluding hydrogens is 865 g/mol. The van der Waals surface area contributed by atoms with Crippen LogP contribution in [0.2, 0.25) is 12.1 Å². The van der Waals surface area contributed by atoms with Crippen molar-refractivity contribution in [1.29, 1.82) is 0 Å². The van der Waals surface area contributed by atoms with Crippen LogP contribution in [-0.4, -0.2) is 18.0 Å². The molecule has 0 amide bonds. The van der Waals surface area contributed by atoms with Crippen LogP contribution in [0.25, 0.3) is 76.0 Å². The number of unbranched alkanes of at least 4 members (excludes halogenated alkanes) is 6. The van der Waals surface area contributed by atoms with E-state index in [0.717, 1.165) is 44.7 Å². The fourth-order valence-electron chi connectivity index (χ4n) is 10.5. The molecule has 8 aromatic rings. The molecule has 0 N–H and O–H groups in total. The maximum Gasteiger partial charge on any atom is 0.119 e. The zero-order chi connectivity index (χ0) is 47.1. The maximum absolute atomic E-state index is 5.77. The van der Waals surface area contributed by atoms with Crippen LogP contribution in [0.1, 0.15) is 128 Å². The highest BCUT2D eigenvalue weighted by Gasteiger charge is 2.44. The van der Waals surface area contributed by atoms with E-state index < -0.39 is 8.07 Å². The largest absolute Gasteiger partial charge is 0.243 e. The fraction of sp³-hybridized carbons (Fsp3) is 0.355. The summed E-state index contributed by atoms with van der Waals surface area (Å²) < 4.78 is 0. The highest BCUT2D eigenvalue weighted by molar-refractivity contribution is 7.19. The molecule has 0 spiro atoms. The summed E-state index contributed by atoms with van der Waals surface area (Å²) in [6, 6.07) is 49.5. The van der Waals surface area contributed by atoms with E-state index in [1.54, 1.807) is 10.4 Å². The lowest BCUT2D eigenvalue weighted by Gasteiger charge is -2.31. The summed E-state index contributed by atoms with van der Waals surface area (Å²) in [6.45, 7) is 22.8. The van der Waals surface area contributed by atoms with E-state index in [4.69, 9.17) is 9.97 Å². The number of fused-ring (bicyclic) bond motifs is 4. The molecule has 0 bridgehead atoms. The van der Waals surface area contributed by atoms with Gasteiger partial charge in [0.2, 0.25) is 0 Å². The first-order valence-electron chi connectivity index (χ1n) is 25.2. The van der Waals surface area contributed by atoms with Crippen LogP contribution in [0, 0.1) is 13.8 Å². The van der Waals surface area contributed by atoms with Gasteiger partial charge in [0.05, 0.1) is 22.4 Å². The van der Waals surface area contributed by atoms with Crippen LogP contribution >= 0.6 is 22.7 Å². The molecule has 5 heteroatoms. The van der Waals surface area contributed by atoms with Crippen LogP contribution in [0.5, 0.6) is 0 Å². The molecule has 1 aliphatic heterocycles. The van der Waals surface area contributed by atoms with Crippen molar-refractivity contribution in [1.82, 2.24) is 9.97 Å². The van der Waals surface area contributed by atoms with Crippen molar-refractivity contribution >= 4 is 52.2 Å². The number of thiophene rings is 2. The van der Waals surface area contributed by atoms with Crippen LogP contribution in [0.3, 0.4) is 0 Å². The summed E-state index contributed by atoms with van der Waals surface area (Å²) in [4.78, 5) is 16.5. The predicted octanol–water partition coefficient (Wildman–Crippen LogP) is 18.0. The number of rotatable bonds is 15. The number of aryl methyl sites for hydroxylation is 2. The summed E-state index contributed by atoms with van der Waals surface area (Å²) in [6.07, 6.45) is 10.5. The van der Waals surface area contributed by atoms with Gasteiger partial charge in [-0.1, -0.05) is 209 Å². The van der Waals surface area contributed by atoms with Gasteiger partial charge < -0.3 is 0 Å². The number of hydrogen-bond donors (Lipinski definition) is 0. The maximum atomic E-state index is 5.77. The summed E-state index contributed by atoms with van der Waals surface area (Å²) in [5, 5.41) is 3.39. The van der Waals surface area contributed by atoms with Crippen molar-refractivity contribution in [3.8, 4) is 65.0 Å². The lowest BCUT2D eigenvalue weighted by molar-refractivity contribution is 0.590. The molecule has 3 aromatic heterocycles. The molecular formula is C62H70N2S2Si. The molecule has 2 nitrogen and oxygen atoms in total. The first kappa shape index (κ1) is 47.1. The molecule has 344 valence electrons. The molecule has 0 fully saturated rings. The van der Waals surface area contributed by atoms with Gasteiger partial charge in [-0.25, -0.2) is 9.97 Å². The summed E-state index contributed by atoms with van der Waals surface area (Å²) in [5.74, 6) is 0. The molecule has 1 aliphatic rings. The molecule has 0 aliphatic carbocycles. The number of benzene rings is 5. The summed E-state index contributed by atoms with van der Waals surface area (Å²) >= 11 is 3.73. The summed E-state index contributed by atoms with van der Waals surface area (Å²) in [7, 11) is -2.01. The predicted molar refractivity (Wildman–Crippen MR) is 298 cm³/mol. The first-order valence-corrected chi connectivity index (χ1v) is 29.2. The van der Waals surface area contributed by atoms with Crippen LogP contribution < -0.4 is 10.4 Å². The standard InChI is InChI=1S/C62H70N2S2Si/c1-11-13-15-17-37-67(38-18-16-14-12-2)55-39-41(3)19-30-48(55)49-31-25-45(40-56(49)67)52-35-36-54(66-52)51-33-32-50(53-34-20-42(4)65-53)59-60(51)64-58(44-23-28-47(29-24-44)62(8,9)10)57(63-59)43-21-26-46(27-22-43)61(5,6)7/h19-36,39-40H,11-18,37-38H2,1-10H3. The van der Waals surface area contributed by atoms with Crippen LogP contribution in [-0.2, 0) is 10.8 Å². The minimum atomic E-state index is -2.01. The van der Waals surface area contributed by atoms with E-state index in [0.29, 0.717) is 0 Å². The summed E-state index contributed by atoms with van der Waals surface area (Å²) in [5.41, 5.74) is 16.6. The SMILES string of the molecule is CCCCCC[Si]1(CCCCCC)c2cc(C)ccc2-c2ccc(-c3ccc(-c4ccc(-c5ccc(C)s5)c5nc(-c6ccc(C(C)(C)C)cc6)c(-c6ccc(C(C)(C)C)cc6)nc45)s3)cc21. The van der Waals surface area contributed by atoms with Gasteiger partial charge in [-0.2, -0.15) is 0 Å². The third-order valence-corrected chi connectivity index (χ3v) is 22.0.